The Hall–Kier alpha value is -2.17. The van der Waals surface area contributed by atoms with E-state index in [1.807, 2.05) is 0 Å². The minimum Gasteiger partial charge on any atom is -0.466 e. The van der Waals surface area contributed by atoms with Crippen molar-refractivity contribution in [1.82, 2.24) is 4.90 Å². The van der Waals surface area contributed by atoms with Crippen molar-refractivity contribution in [3.8, 4) is 0 Å². The maximum atomic E-state index is 14.1. The molecule has 24 heavy (non-hydrogen) atoms. The average molecular weight is 333 g/mol. The predicted octanol–water partition coefficient (Wildman–Crippen LogP) is 3.12. The third kappa shape index (κ3) is 4.02. The fourth-order valence-corrected chi connectivity index (χ4v) is 3.27. The highest BCUT2D eigenvalue weighted by Gasteiger charge is 2.45. The molecule has 0 radical (unpaired) electrons. The van der Waals surface area contributed by atoms with Gasteiger partial charge in [0, 0.05) is 19.5 Å². The summed E-state index contributed by atoms with van der Waals surface area (Å²) in [5.41, 5.74) is -0.420. The minimum atomic E-state index is -0.896. The van der Waals surface area contributed by atoms with E-state index in [-0.39, 0.29) is 43.7 Å². The van der Waals surface area contributed by atoms with Gasteiger partial charge in [-0.15, -0.1) is 6.58 Å². The quantitative estimate of drug-likeness (QED) is 0.593. The normalized spacial score (nSPS) is 20.5. The molecule has 0 aromatic heterocycles. The van der Waals surface area contributed by atoms with Crippen LogP contribution < -0.4 is 0 Å². The summed E-state index contributed by atoms with van der Waals surface area (Å²) in [7, 11) is 0. The lowest BCUT2D eigenvalue weighted by atomic mass is 9.75. The molecule has 130 valence electrons. The molecule has 1 atom stereocenters. The van der Waals surface area contributed by atoms with Gasteiger partial charge in [-0.1, -0.05) is 24.3 Å². The van der Waals surface area contributed by atoms with Crippen molar-refractivity contribution in [2.24, 2.45) is 5.41 Å². The number of amides is 1. The molecule has 1 fully saturated rings. The van der Waals surface area contributed by atoms with Gasteiger partial charge in [0.25, 0.3) is 0 Å². The molecule has 0 N–H and O–H groups in total. The van der Waals surface area contributed by atoms with Gasteiger partial charge in [-0.3, -0.25) is 9.59 Å². The lowest BCUT2D eigenvalue weighted by Gasteiger charge is -2.41. The minimum absolute atomic E-state index is 0.0630. The van der Waals surface area contributed by atoms with Gasteiger partial charge in [-0.05, 0) is 37.8 Å². The van der Waals surface area contributed by atoms with E-state index in [1.54, 1.807) is 36.1 Å². The van der Waals surface area contributed by atoms with Gasteiger partial charge < -0.3 is 9.64 Å². The monoisotopic (exact) mass is 333 g/mol. The number of nitrogens with zero attached hydrogens (tertiary/aromatic N) is 1. The van der Waals surface area contributed by atoms with E-state index in [4.69, 9.17) is 4.74 Å². The number of rotatable bonds is 6. The number of hydrogen-bond acceptors (Lipinski definition) is 3. The smallest absolute Gasteiger partial charge is 0.314 e. The van der Waals surface area contributed by atoms with Crippen LogP contribution in [0.1, 0.15) is 31.7 Å². The van der Waals surface area contributed by atoms with Gasteiger partial charge in [0.15, 0.2) is 0 Å². The summed E-state index contributed by atoms with van der Waals surface area (Å²) in [5, 5.41) is 0. The van der Waals surface area contributed by atoms with Crippen molar-refractivity contribution in [3.05, 3.63) is 48.3 Å². The summed E-state index contributed by atoms with van der Waals surface area (Å²) in [4.78, 5) is 26.5. The van der Waals surface area contributed by atoms with E-state index in [9.17, 15) is 14.0 Å². The van der Waals surface area contributed by atoms with Crippen LogP contribution in [0.5, 0.6) is 0 Å². The molecule has 2 rings (SSSR count). The first-order valence-corrected chi connectivity index (χ1v) is 8.31. The van der Waals surface area contributed by atoms with Crippen LogP contribution in [-0.4, -0.2) is 36.5 Å². The maximum absolute atomic E-state index is 14.1. The topological polar surface area (TPSA) is 46.6 Å². The van der Waals surface area contributed by atoms with Gasteiger partial charge in [-0.25, -0.2) is 4.39 Å². The van der Waals surface area contributed by atoms with Gasteiger partial charge in [-0.2, -0.15) is 0 Å². The van der Waals surface area contributed by atoms with Crippen LogP contribution in [0.2, 0.25) is 0 Å². The maximum Gasteiger partial charge on any atom is 0.314 e. The number of halogens is 1. The van der Waals surface area contributed by atoms with Crippen LogP contribution in [-0.2, 0) is 20.7 Å². The second kappa shape index (κ2) is 8.08. The molecule has 1 amide bonds. The number of piperidine rings is 1. The fourth-order valence-electron chi connectivity index (χ4n) is 3.27. The SMILES string of the molecule is C=CCC(=O)N1CCC[C@@](Cc2ccccc2F)(C(=O)OCC)C1. The van der Waals surface area contributed by atoms with Crippen LogP contribution in [0.25, 0.3) is 0 Å². The number of esters is 1. The zero-order chi connectivity index (χ0) is 17.6. The molecule has 1 aliphatic rings. The zero-order valence-electron chi connectivity index (χ0n) is 14.1. The van der Waals surface area contributed by atoms with Gasteiger partial charge in [0.05, 0.1) is 12.0 Å². The lowest BCUT2D eigenvalue weighted by Crippen LogP contribution is -2.51. The highest BCUT2D eigenvalue weighted by molar-refractivity contribution is 5.81. The third-order valence-corrected chi connectivity index (χ3v) is 4.44. The summed E-state index contributed by atoms with van der Waals surface area (Å²) >= 11 is 0. The highest BCUT2D eigenvalue weighted by Crippen LogP contribution is 2.36. The second-order valence-corrected chi connectivity index (χ2v) is 6.18. The molecule has 1 aliphatic heterocycles. The summed E-state index contributed by atoms with van der Waals surface area (Å²) in [6.07, 6.45) is 3.29. The largest absolute Gasteiger partial charge is 0.466 e. The molecule has 5 heteroatoms. The van der Waals surface area contributed by atoms with E-state index in [0.29, 0.717) is 24.9 Å². The Morgan fingerprint density at radius 1 is 1.42 bits per heavy atom. The Kier molecular flexibility index (Phi) is 6.12. The van der Waals surface area contributed by atoms with Gasteiger partial charge in [0.2, 0.25) is 5.91 Å². The summed E-state index contributed by atoms with van der Waals surface area (Å²) < 4.78 is 19.4. The molecular formula is C19H24FNO3. The van der Waals surface area contributed by atoms with Crippen molar-refractivity contribution in [2.75, 3.05) is 19.7 Å². The van der Waals surface area contributed by atoms with Crippen molar-refractivity contribution in [2.45, 2.75) is 32.6 Å². The van der Waals surface area contributed by atoms with Gasteiger partial charge >= 0.3 is 5.97 Å². The first-order chi connectivity index (χ1) is 11.5. The molecule has 0 unspecified atom stereocenters. The Bertz CT molecular complexity index is 616. The first-order valence-electron chi connectivity index (χ1n) is 8.31. The number of carbonyl (C=O) groups is 2. The average Bonchev–Trinajstić information content (AvgIpc) is 2.57. The molecule has 0 aliphatic carbocycles. The summed E-state index contributed by atoms with van der Waals surface area (Å²) in [6, 6.07) is 6.44. The molecule has 1 heterocycles. The molecule has 4 nitrogen and oxygen atoms in total. The van der Waals surface area contributed by atoms with Gasteiger partial charge in [0.1, 0.15) is 5.82 Å². The van der Waals surface area contributed by atoms with E-state index in [2.05, 4.69) is 6.58 Å². The third-order valence-electron chi connectivity index (χ3n) is 4.44. The first kappa shape index (κ1) is 18.2. The predicted molar refractivity (Wildman–Crippen MR) is 89.8 cm³/mol. The molecule has 1 aromatic carbocycles. The second-order valence-electron chi connectivity index (χ2n) is 6.18. The van der Waals surface area contributed by atoms with E-state index in [0.717, 1.165) is 0 Å². The zero-order valence-corrected chi connectivity index (χ0v) is 14.1. The van der Waals surface area contributed by atoms with Crippen molar-refractivity contribution in [3.63, 3.8) is 0 Å². The molecule has 0 saturated carbocycles. The molecule has 1 aromatic rings. The molecule has 1 saturated heterocycles. The summed E-state index contributed by atoms with van der Waals surface area (Å²) in [5.74, 6) is -0.757. The number of carbonyl (C=O) groups excluding carboxylic acids is 2. The Labute approximate surface area is 142 Å². The van der Waals surface area contributed by atoms with Crippen LogP contribution in [0.15, 0.2) is 36.9 Å². The van der Waals surface area contributed by atoms with Crippen LogP contribution in [0, 0.1) is 11.2 Å². The number of benzene rings is 1. The molecule has 0 bridgehead atoms. The van der Waals surface area contributed by atoms with Crippen molar-refractivity contribution in [1.29, 1.82) is 0 Å². The molecular weight excluding hydrogens is 309 g/mol. The van der Waals surface area contributed by atoms with E-state index in [1.165, 1.54) is 6.07 Å². The number of hydrogen-bond donors (Lipinski definition) is 0. The van der Waals surface area contributed by atoms with Crippen LogP contribution in [0.3, 0.4) is 0 Å². The highest BCUT2D eigenvalue weighted by atomic mass is 19.1. The fraction of sp³-hybridized carbons (Fsp3) is 0.474. The van der Waals surface area contributed by atoms with Crippen molar-refractivity contribution < 1.29 is 18.7 Å². The van der Waals surface area contributed by atoms with Crippen LogP contribution in [0.4, 0.5) is 4.39 Å². The standard InChI is InChI=1S/C19H24FNO3/c1-3-8-17(22)21-12-7-11-19(14-21,18(23)24-4-2)13-15-9-5-6-10-16(15)20/h3,5-6,9-10H,1,4,7-8,11-14H2,2H3/t19-/m0/s1. The van der Waals surface area contributed by atoms with Crippen LogP contribution >= 0.6 is 0 Å². The summed E-state index contributed by atoms with van der Waals surface area (Å²) in [6.45, 7) is 6.46. The number of ether oxygens (including phenoxy) is 1. The lowest BCUT2D eigenvalue weighted by molar-refractivity contribution is -0.160. The Morgan fingerprint density at radius 2 is 2.17 bits per heavy atom. The van der Waals surface area contributed by atoms with E-state index >= 15 is 0 Å². The number of likely N-dealkylation sites (tertiary alicyclic amines) is 1. The van der Waals surface area contributed by atoms with E-state index < -0.39 is 5.41 Å². The molecule has 0 spiro atoms. The Balaban J connectivity index is 2.29. The Morgan fingerprint density at radius 3 is 2.83 bits per heavy atom. The van der Waals surface area contributed by atoms with Crippen molar-refractivity contribution >= 4 is 11.9 Å².